The molecule has 9 nitrogen and oxygen atoms in total. The first-order chi connectivity index (χ1) is 17.4. The third kappa shape index (κ3) is 8.84. The SMILES string of the molecule is CC(C)(N)C(=O)N[C@H](CCCc1ccccc1)C(=O)N1CCN(c2ccccc2CNS(C)(=O)=O)CC1. The number of rotatable bonds is 11. The van der Waals surface area contributed by atoms with Crippen LogP contribution in [0.25, 0.3) is 0 Å². The van der Waals surface area contributed by atoms with Crippen molar-refractivity contribution in [1.29, 1.82) is 0 Å². The van der Waals surface area contributed by atoms with Crippen molar-refractivity contribution in [3.05, 3.63) is 65.7 Å². The smallest absolute Gasteiger partial charge is 0.245 e. The summed E-state index contributed by atoms with van der Waals surface area (Å²) in [5, 5.41) is 2.89. The van der Waals surface area contributed by atoms with Gasteiger partial charge in [-0.3, -0.25) is 9.59 Å². The van der Waals surface area contributed by atoms with E-state index in [1.807, 2.05) is 42.5 Å². The first kappa shape index (κ1) is 28.6. The van der Waals surface area contributed by atoms with Crippen LogP contribution in [-0.2, 0) is 32.6 Å². The molecule has 0 radical (unpaired) electrons. The minimum absolute atomic E-state index is 0.0997. The predicted molar refractivity (Wildman–Crippen MR) is 146 cm³/mol. The number of aryl methyl sites for hydroxylation is 1. The van der Waals surface area contributed by atoms with Gasteiger partial charge in [-0.05, 0) is 50.3 Å². The number of amides is 2. The second-order valence-corrected chi connectivity index (χ2v) is 12.0. The normalized spacial score (nSPS) is 15.4. The van der Waals surface area contributed by atoms with Crippen molar-refractivity contribution in [2.75, 3.05) is 37.3 Å². The number of carbonyl (C=O) groups excluding carboxylic acids is 2. The highest BCUT2D eigenvalue weighted by Crippen LogP contribution is 2.22. The van der Waals surface area contributed by atoms with Crippen LogP contribution in [0.1, 0.15) is 37.8 Å². The summed E-state index contributed by atoms with van der Waals surface area (Å²) in [6.45, 7) is 5.68. The van der Waals surface area contributed by atoms with Gasteiger partial charge in [0, 0.05) is 38.4 Å². The van der Waals surface area contributed by atoms with E-state index in [1.165, 1.54) is 5.56 Å². The number of nitrogens with one attached hydrogen (secondary N) is 2. The lowest BCUT2D eigenvalue weighted by Gasteiger charge is -2.38. The number of sulfonamides is 1. The predicted octanol–water partition coefficient (Wildman–Crippen LogP) is 1.63. The van der Waals surface area contributed by atoms with Gasteiger partial charge in [-0.2, -0.15) is 0 Å². The Morgan fingerprint density at radius 1 is 1.00 bits per heavy atom. The molecule has 37 heavy (non-hydrogen) atoms. The monoisotopic (exact) mass is 529 g/mol. The third-order valence-electron chi connectivity index (χ3n) is 6.44. The summed E-state index contributed by atoms with van der Waals surface area (Å²) in [5.74, 6) is -0.450. The number of nitrogens with zero attached hydrogens (tertiary/aromatic N) is 2. The van der Waals surface area contributed by atoms with Gasteiger partial charge in [0.15, 0.2) is 0 Å². The van der Waals surface area contributed by atoms with Crippen LogP contribution in [0.2, 0.25) is 0 Å². The first-order valence-electron chi connectivity index (χ1n) is 12.6. The molecule has 1 atom stereocenters. The van der Waals surface area contributed by atoms with Crippen molar-refractivity contribution in [1.82, 2.24) is 14.9 Å². The maximum Gasteiger partial charge on any atom is 0.245 e. The van der Waals surface area contributed by atoms with Gasteiger partial charge in [-0.15, -0.1) is 0 Å². The lowest BCUT2D eigenvalue weighted by atomic mass is 10.0. The van der Waals surface area contributed by atoms with Crippen LogP contribution in [0.4, 0.5) is 5.69 Å². The van der Waals surface area contributed by atoms with Crippen LogP contribution >= 0.6 is 0 Å². The molecule has 0 aliphatic carbocycles. The van der Waals surface area contributed by atoms with E-state index >= 15 is 0 Å². The summed E-state index contributed by atoms with van der Waals surface area (Å²) < 4.78 is 25.7. The summed E-state index contributed by atoms with van der Waals surface area (Å²) in [5.41, 5.74) is 7.92. The fourth-order valence-electron chi connectivity index (χ4n) is 4.32. The summed E-state index contributed by atoms with van der Waals surface area (Å²) in [6, 6.07) is 17.1. The molecule has 3 rings (SSSR count). The quantitative estimate of drug-likeness (QED) is 0.406. The Bertz CT molecular complexity index is 1160. The highest BCUT2D eigenvalue weighted by atomic mass is 32.2. The van der Waals surface area contributed by atoms with Crippen molar-refractivity contribution < 1.29 is 18.0 Å². The standard InChI is InChI=1S/C27H39N5O4S/c1-27(2,28)26(34)30-23(14-9-12-21-10-5-4-6-11-21)25(33)32-18-16-31(17-19-32)24-15-8-7-13-22(24)20-29-37(3,35)36/h4-8,10-11,13,15,23,29H,9,12,14,16-20,28H2,1-3H3,(H,30,34)/t23-/m1/s1. The van der Waals surface area contributed by atoms with Crippen LogP contribution in [0.3, 0.4) is 0 Å². The van der Waals surface area contributed by atoms with Crippen LogP contribution in [0, 0.1) is 0 Å². The second kappa shape index (κ2) is 12.5. The fourth-order valence-corrected chi connectivity index (χ4v) is 4.74. The van der Waals surface area contributed by atoms with Crippen molar-refractivity contribution in [2.45, 2.75) is 51.2 Å². The van der Waals surface area contributed by atoms with Crippen LogP contribution in [0.15, 0.2) is 54.6 Å². The number of nitrogens with two attached hydrogens (primary N) is 1. The Labute approximate surface area is 220 Å². The molecule has 0 bridgehead atoms. The van der Waals surface area contributed by atoms with E-state index in [0.717, 1.165) is 30.3 Å². The number of hydrogen-bond donors (Lipinski definition) is 3. The summed E-state index contributed by atoms with van der Waals surface area (Å²) in [4.78, 5) is 30.1. The molecule has 4 N–H and O–H groups in total. The van der Waals surface area contributed by atoms with Gasteiger partial charge in [-0.1, -0.05) is 48.5 Å². The molecular formula is C27H39N5O4S. The average Bonchev–Trinajstić information content (AvgIpc) is 2.86. The van der Waals surface area contributed by atoms with E-state index in [4.69, 9.17) is 5.73 Å². The number of carbonyl (C=O) groups is 2. The molecule has 2 aromatic rings. The Kier molecular flexibility index (Phi) is 9.69. The topological polar surface area (TPSA) is 125 Å². The maximum atomic E-state index is 13.5. The summed E-state index contributed by atoms with van der Waals surface area (Å²) >= 11 is 0. The number of piperazine rings is 1. The van der Waals surface area contributed by atoms with Crippen LogP contribution < -0.4 is 20.7 Å². The molecule has 1 aliphatic rings. The molecule has 1 fully saturated rings. The molecule has 0 unspecified atom stereocenters. The molecule has 2 aromatic carbocycles. The second-order valence-electron chi connectivity index (χ2n) is 10.2. The van der Waals surface area contributed by atoms with Crippen molar-refractivity contribution in [3.8, 4) is 0 Å². The molecule has 2 amide bonds. The zero-order chi connectivity index (χ0) is 27.1. The lowest BCUT2D eigenvalue weighted by Crippen LogP contribution is -2.58. The van der Waals surface area contributed by atoms with Gasteiger partial charge in [0.25, 0.3) is 0 Å². The molecule has 1 heterocycles. The third-order valence-corrected chi connectivity index (χ3v) is 7.11. The summed E-state index contributed by atoms with van der Waals surface area (Å²) in [6.07, 6.45) is 3.24. The zero-order valence-electron chi connectivity index (χ0n) is 21.9. The molecule has 1 aliphatic heterocycles. The largest absolute Gasteiger partial charge is 0.368 e. The Morgan fingerprint density at radius 2 is 1.62 bits per heavy atom. The minimum Gasteiger partial charge on any atom is -0.368 e. The maximum absolute atomic E-state index is 13.5. The van der Waals surface area contributed by atoms with Crippen molar-refractivity contribution in [2.24, 2.45) is 5.73 Å². The Morgan fingerprint density at radius 3 is 2.24 bits per heavy atom. The Hall–Kier alpha value is -2.95. The van der Waals surface area contributed by atoms with E-state index in [-0.39, 0.29) is 18.4 Å². The van der Waals surface area contributed by atoms with E-state index in [0.29, 0.717) is 32.6 Å². The van der Waals surface area contributed by atoms with Gasteiger partial charge >= 0.3 is 0 Å². The van der Waals surface area contributed by atoms with E-state index in [1.54, 1.807) is 18.7 Å². The molecule has 0 aromatic heterocycles. The van der Waals surface area contributed by atoms with Crippen LogP contribution in [0.5, 0.6) is 0 Å². The first-order valence-corrected chi connectivity index (χ1v) is 14.5. The zero-order valence-corrected chi connectivity index (χ0v) is 22.8. The molecule has 0 saturated carbocycles. The number of hydrogen-bond acceptors (Lipinski definition) is 6. The van der Waals surface area contributed by atoms with E-state index < -0.39 is 21.6 Å². The van der Waals surface area contributed by atoms with Crippen LogP contribution in [-0.4, -0.2) is 69.1 Å². The van der Waals surface area contributed by atoms with E-state index in [2.05, 4.69) is 27.1 Å². The van der Waals surface area contributed by atoms with Gasteiger partial charge in [-0.25, -0.2) is 13.1 Å². The highest BCUT2D eigenvalue weighted by Gasteiger charge is 2.32. The molecular weight excluding hydrogens is 490 g/mol. The minimum atomic E-state index is -3.31. The number of para-hydroxylation sites is 1. The van der Waals surface area contributed by atoms with Gasteiger partial charge in [0.1, 0.15) is 6.04 Å². The fraction of sp³-hybridized carbons (Fsp3) is 0.481. The van der Waals surface area contributed by atoms with Gasteiger partial charge in [0.05, 0.1) is 11.8 Å². The van der Waals surface area contributed by atoms with Gasteiger partial charge in [0.2, 0.25) is 21.8 Å². The van der Waals surface area contributed by atoms with Crippen molar-refractivity contribution in [3.63, 3.8) is 0 Å². The highest BCUT2D eigenvalue weighted by molar-refractivity contribution is 7.88. The molecule has 202 valence electrons. The Balaban J connectivity index is 1.64. The number of benzene rings is 2. The molecule has 1 saturated heterocycles. The lowest BCUT2D eigenvalue weighted by molar-refractivity contribution is -0.138. The van der Waals surface area contributed by atoms with E-state index in [9.17, 15) is 18.0 Å². The molecule has 10 heteroatoms. The average molecular weight is 530 g/mol. The molecule has 0 spiro atoms. The van der Waals surface area contributed by atoms with Gasteiger partial charge < -0.3 is 20.9 Å². The van der Waals surface area contributed by atoms with Crippen molar-refractivity contribution >= 4 is 27.5 Å². The summed E-state index contributed by atoms with van der Waals surface area (Å²) in [7, 11) is -3.31. The number of anilines is 1.